The maximum absolute atomic E-state index is 14.1. The third-order valence-electron chi connectivity index (χ3n) is 5.71. The maximum Gasteiger partial charge on any atom is 0.439 e. The van der Waals surface area contributed by atoms with Gasteiger partial charge in [0.05, 0.1) is 24.5 Å². The molecule has 0 aromatic heterocycles. The molecule has 1 saturated heterocycles. The summed E-state index contributed by atoms with van der Waals surface area (Å²) in [7, 11) is -13.7. The maximum atomic E-state index is 14.1. The van der Waals surface area contributed by atoms with Gasteiger partial charge in [-0.25, -0.2) is 8.42 Å². The lowest BCUT2D eigenvalue weighted by Gasteiger charge is -2.36. The fourth-order valence-electron chi connectivity index (χ4n) is 2.84. The summed E-state index contributed by atoms with van der Waals surface area (Å²) in [5.41, 5.74) is -0.700. The highest BCUT2D eigenvalue weighted by molar-refractivity contribution is 7.90. The summed E-state index contributed by atoms with van der Waals surface area (Å²) in [5, 5.41) is -13.4. The molecule has 0 unspecified atom stereocenters. The smallest absolute Gasteiger partial charge is 0.439 e. The molecule has 0 bridgehead atoms. The molecule has 0 aromatic rings. The third kappa shape index (κ3) is 6.24. The van der Waals surface area contributed by atoms with E-state index in [0.717, 1.165) is 0 Å². The predicted molar refractivity (Wildman–Crippen MR) is 110 cm³/mol. The summed E-state index contributed by atoms with van der Waals surface area (Å²) >= 11 is 0. The monoisotopic (exact) mass is 579 g/mol. The summed E-state index contributed by atoms with van der Waals surface area (Å²) in [6.45, 7) is 2.96. The van der Waals surface area contributed by atoms with Crippen molar-refractivity contribution >= 4 is 32.1 Å². The summed E-state index contributed by atoms with van der Waals surface area (Å²) in [4.78, 5) is 23.9. The van der Waals surface area contributed by atoms with E-state index in [9.17, 15) is 52.8 Å². The number of halogens is 6. The van der Waals surface area contributed by atoms with Crippen molar-refractivity contribution in [1.82, 2.24) is 4.31 Å². The van der Waals surface area contributed by atoms with Gasteiger partial charge in [-0.2, -0.15) is 39.1 Å². The van der Waals surface area contributed by atoms with Gasteiger partial charge in [0, 0.05) is 19.5 Å². The zero-order valence-corrected chi connectivity index (χ0v) is 21.1. The first-order valence-electron chi connectivity index (χ1n) is 10.5. The first kappa shape index (κ1) is 32.4. The Morgan fingerprint density at radius 1 is 0.917 bits per heavy atom. The van der Waals surface area contributed by atoms with Crippen molar-refractivity contribution in [2.75, 3.05) is 26.3 Å². The van der Waals surface area contributed by atoms with Crippen LogP contribution in [0.4, 0.5) is 26.3 Å². The van der Waals surface area contributed by atoms with Crippen molar-refractivity contribution in [1.29, 1.82) is 0 Å². The minimum absolute atomic E-state index is 0.0658. The van der Waals surface area contributed by atoms with Crippen LogP contribution in [0.1, 0.15) is 46.5 Å². The van der Waals surface area contributed by atoms with E-state index in [0.29, 0.717) is 6.42 Å². The summed E-state index contributed by atoms with van der Waals surface area (Å²) < 4.78 is 145. The SMILES string of the molecule is CCC(C)(C)C(=O)OCCCOC(=O)C1CCN(S(=O)(=O)C(F)(F)C(F)(F)C(F)(F)S(=O)(=O)O)CC1. The predicted octanol–water partition coefficient (Wildman–Crippen LogP) is 2.65. The first-order chi connectivity index (χ1) is 16.1. The van der Waals surface area contributed by atoms with Crippen molar-refractivity contribution in [2.45, 2.75) is 62.9 Å². The fraction of sp³-hybridized carbons (Fsp3) is 0.889. The quantitative estimate of drug-likeness (QED) is 0.160. The van der Waals surface area contributed by atoms with Gasteiger partial charge in [-0.05, 0) is 33.1 Å². The van der Waals surface area contributed by atoms with Crippen LogP contribution in [0.25, 0.3) is 0 Å². The zero-order valence-electron chi connectivity index (χ0n) is 19.5. The van der Waals surface area contributed by atoms with Gasteiger partial charge < -0.3 is 9.47 Å². The zero-order chi connectivity index (χ0) is 28.4. The Morgan fingerprint density at radius 3 is 1.83 bits per heavy atom. The highest BCUT2D eigenvalue weighted by atomic mass is 32.2. The Hall–Kier alpha value is -1.66. The molecular formula is C18H27F6NO9S2. The van der Waals surface area contributed by atoms with Crippen LogP contribution in [0.5, 0.6) is 0 Å². The number of hydrogen-bond acceptors (Lipinski definition) is 8. The number of sulfonamides is 1. The Balaban J connectivity index is 2.71. The van der Waals surface area contributed by atoms with Crippen LogP contribution in [0.2, 0.25) is 0 Å². The Kier molecular flexibility index (Phi) is 9.88. The minimum atomic E-state index is -7.12. The molecule has 0 saturated carbocycles. The molecule has 1 heterocycles. The second-order valence-corrected chi connectivity index (χ2v) is 12.1. The number of esters is 2. The van der Waals surface area contributed by atoms with Gasteiger partial charge in [0.25, 0.3) is 10.0 Å². The molecular weight excluding hydrogens is 552 g/mol. The molecule has 1 rings (SSSR count). The minimum Gasteiger partial charge on any atom is -0.465 e. The molecule has 1 fully saturated rings. The first-order valence-corrected chi connectivity index (χ1v) is 13.4. The van der Waals surface area contributed by atoms with Crippen molar-refractivity contribution in [3.63, 3.8) is 0 Å². The van der Waals surface area contributed by atoms with Gasteiger partial charge in [-0.15, -0.1) is 0 Å². The highest BCUT2D eigenvalue weighted by Crippen LogP contribution is 2.51. The number of nitrogens with zero attached hydrogens (tertiary/aromatic N) is 1. The standard InChI is InChI=1S/C18H27F6NO9S2/c1-4-15(2,3)14(27)34-11-5-10-33-13(26)12-6-8-25(9-7-12)35(28,29)17(21,22)16(19,20)18(23,24)36(30,31)32/h12H,4-11H2,1-3H3,(H,30,31,32). The summed E-state index contributed by atoms with van der Waals surface area (Å²) in [6, 6.07) is 0. The molecule has 1 N–H and O–H groups in total. The molecule has 0 aromatic carbocycles. The van der Waals surface area contributed by atoms with E-state index < -0.39 is 85.8 Å². The Morgan fingerprint density at radius 2 is 1.39 bits per heavy atom. The molecule has 212 valence electrons. The van der Waals surface area contributed by atoms with Crippen molar-refractivity contribution in [2.24, 2.45) is 11.3 Å². The molecule has 0 aliphatic carbocycles. The van der Waals surface area contributed by atoms with Crippen molar-refractivity contribution in [3.05, 3.63) is 0 Å². The van der Waals surface area contributed by atoms with E-state index in [1.165, 1.54) is 0 Å². The van der Waals surface area contributed by atoms with Crippen LogP contribution in [0.15, 0.2) is 0 Å². The van der Waals surface area contributed by atoms with E-state index in [-0.39, 0.29) is 23.9 Å². The van der Waals surface area contributed by atoms with E-state index in [1.54, 1.807) is 20.8 Å². The lowest BCUT2D eigenvalue weighted by atomic mass is 9.91. The molecule has 1 aliphatic rings. The molecule has 10 nitrogen and oxygen atoms in total. The van der Waals surface area contributed by atoms with E-state index in [2.05, 4.69) is 0 Å². The Labute approximate surface area is 204 Å². The number of rotatable bonds is 12. The lowest BCUT2D eigenvalue weighted by molar-refractivity contribution is -0.247. The van der Waals surface area contributed by atoms with Crippen LogP contribution in [0.3, 0.4) is 0 Å². The number of alkyl halides is 6. The molecule has 1 aliphatic heterocycles. The molecule has 0 spiro atoms. The molecule has 18 heteroatoms. The molecule has 36 heavy (non-hydrogen) atoms. The van der Waals surface area contributed by atoms with Crippen LogP contribution >= 0.6 is 0 Å². The summed E-state index contributed by atoms with van der Waals surface area (Å²) in [6.07, 6.45) is -0.336. The van der Waals surface area contributed by atoms with E-state index >= 15 is 0 Å². The van der Waals surface area contributed by atoms with Gasteiger partial charge in [-0.3, -0.25) is 14.1 Å². The van der Waals surface area contributed by atoms with Gasteiger partial charge in [0.1, 0.15) is 0 Å². The highest BCUT2D eigenvalue weighted by Gasteiger charge is 2.82. The van der Waals surface area contributed by atoms with Gasteiger partial charge in [-0.1, -0.05) is 6.92 Å². The van der Waals surface area contributed by atoms with Crippen molar-refractivity contribution in [3.8, 4) is 0 Å². The average molecular weight is 580 g/mol. The molecule has 0 radical (unpaired) electrons. The second kappa shape index (κ2) is 11.0. The fourth-order valence-corrected chi connectivity index (χ4v) is 4.83. The van der Waals surface area contributed by atoms with Crippen LogP contribution in [-0.4, -0.2) is 80.4 Å². The number of piperidine rings is 1. The molecule has 0 atom stereocenters. The number of carbonyl (C=O) groups excluding carboxylic acids is 2. The van der Waals surface area contributed by atoms with Crippen LogP contribution in [-0.2, 0) is 39.2 Å². The Bertz CT molecular complexity index is 1020. The number of hydrogen-bond donors (Lipinski definition) is 1. The van der Waals surface area contributed by atoms with Crippen LogP contribution in [0, 0.1) is 11.3 Å². The lowest BCUT2D eigenvalue weighted by Crippen LogP contribution is -2.63. The van der Waals surface area contributed by atoms with Crippen molar-refractivity contribution < 1.29 is 66.8 Å². The van der Waals surface area contributed by atoms with Gasteiger partial charge in [0.15, 0.2) is 0 Å². The normalized spacial score (nSPS) is 17.6. The van der Waals surface area contributed by atoms with Gasteiger partial charge in [0.2, 0.25) is 0 Å². The largest absolute Gasteiger partial charge is 0.465 e. The molecule has 0 amide bonds. The average Bonchev–Trinajstić information content (AvgIpc) is 2.77. The number of ether oxygens (including phenoxy) is 2. The summed E-state index contributed by atoms with van der Waals surface area (Å²) in [5.74, 6) is -9.40. The topological polar surface area (TPSA) is 144 Å². The third-order valence-corrected chi connectivity index (χ3v) is 8.56. The van der Waals surface area contributed by atoms with E-state index in [4.69, 9.17) is 14.0 Å². The number of carbonyl (C=O) groups is 2. The van der Waals surface area contributed by atoms with Crippen LogP contribution < -0.4 is 0 Å². The second-order valence-electron chi connectivity index (χ2n) is 8.66. The van der Waals surface area contributed by atoms with Gasteiger partial charge >= 0.3 is 38.5 Å². The van der Waals surface area contributed by atoms with E-state index in [1.807, 2.05) is 0 Å².